The second-order valence-electron chi connectivity index (χ2n) is 3.59. The van der Waals surface area contributed by atoms with Crippen LogP contribution in [0.1, 0.15) is 22.2 Å². The van der Waals surface area contributed by atoms with E-state index in [0.29, 0.717) is 36.1 Å². The average Bonchev–Trinajstić information content (AvgIpc) is 2.88. The first kappa shape index (κ1) is 11.2. The Morgan fingerprint density at radius 2 is 2.47 bits per heavy atom. The number of nitrogens with one attached hydrogen (secondary N) is 2. The van der Waals surface area contributed by atoms with Crippen LogP contribution in [0.25, 0.3) is 0 Å². The van der Waals surface area contributed by atoms with Gasteiger partial charge in [0.05, 0.1) is 0 Å². The maximum atomic E-state index is 11.6. The van der Waals surface area contributed by atoms with Crippen LogP contribution in [0.2, 0.25) is 0 Å². The Labute approximate surface area is 97.4 Å². The minimum absolute atomic E-state index is 0.210. The fourth-order valence-electron chi connectivity index (χ4n) is 1.36. The van der Waals surface area contributed by atoms with Gasteiger partial charge in [0, 0.05) is 24.8 Å². The first-order valence-corrected chi connectivity index (χ1v) is 5.16. The minimum Gasteiger partial charge on any atom is -0.397 e. The fourth-order valence-corrected chi connectivity index (χ4v) is 1.36. The number of carbonyl (C=O) groups excluding carboxylic acids is 1. The third-order valence-electron chi connectivity index (χ3n) is 2.14. The van der Waals surface area contributed by atoms with E-state index in [0.717, 1.165) is 0 Å². The van der Waals surface area contributed by atoms with Crippen LogP contribution >= 0.6 is 0 Å². The van der Waals surface area contributed by atoms with Gasteiger partial charge in [-0.05, 0) is 13.0 Å². The summed E-state index contributed by atoms with van der Waals surface area (Å²) in [5.74, 6) is 0.884. The molecule has 0 saturated carbocycles. The monoisotopic (exact) mass is 235 g/mol. The highest BCUT2D eigenvalue weighted by Crippen LogP contribution is 2.04. The molecule has 7 heteroatoms. The van der Waals surface area contributed by atoms with Gasteiger partial charge in [0.1, 0.15) is 5.69 Å². The van der Waals surface area contributed by atoms with Crippen molar-refractivity contribution < 1.29 is 9.32 Å². The molecular weight excluding hydrogens is 222 g/mol. The van der Waals surface area contributed by atoms with Crippen LogP contribution in [0.15, 0.2) is 16.8 Å². The number of nitrogens with zero attached hydrogens (tertiary/aromatic N) is 2. The first-order chi connectivity index (χ1) is 8.15. The van der Waals surface area contributed by atoms with Crippen molar-refractivity contribution in [2.75, 3.05) is 12.3 Å². The summed E-state index contributed by atoms with van der Waals surface area (Å²) in [6.45, 7) is 2.17. The van der Waals surface area contributed by atoms with Crippen molar-refractivity contribution in [1.82, 2.24) is 20.4 Å². The summed E-state index contributed by atoms with van der Waals surface area (Å²) in [5.41, 5.74) is 6.46. The molecule has 90 valence electrons. The van der Waals surface area contributed by atoms with Crippen molar-refractivity contribution in [1.29, 1.82) is 0 Å². The maximum absolute atomic E-state index is 11.6. The number of aromatic nitrogens is 3. The molecule has 0 bridgehead atoms. The molecule has 2 rings (SSSR count). The van der Waals surface area contributed by atoms with Crippen molar-refractivity contribution >= 4 is 11.6 Å². The van der Waals surface area contributed by atoms with E-state index in [9.17, 15) is 4.79 Å². The smallest absolute Gasteiger partial charge is 0.267 e. The number of nitrogen functional groups attached to an aromatic ring is 1. The number of nitrogens with two attached hydrogens (primary N) is 1. The van der Waals surface area contributed by atoms with Crippen LogP contribution in [0.3, 0.4) is 0 Å². The van der Waals surface area contributed by atoms with Gasteiger partial charge < -0.3 is 20.6 Å². The highest BCUT2D eigenvalue weighted by molar-refractivity contribution is 5.93. The van der Waals surface area contributed by atoms with Gasteiger partial charge in [0.2, 0.25) is 5.89 Å². The molecule has 0 aliphatic carbocycles. The summed E-state index contributed by atoms with van der Waals surface area (Å²) >= 11 is 0. The van der Waals surface area contributed by atoms with Crippen molar-refractivity contribution in [3.63, 3.8) is 0 Å². The average molecular weight is 235 g/mol. The molecule has 7 nitrogen and oxygen atoms in total. The van der Waals surface area contributed by atoms with E-state index in [2.05, 4.69) is 20.4 Å². The summed E-state index contributed by atoms with van der Waals surface area (Å²) < 4.78 is 4.92. The number of hydrogen-bond acceptors (Lipinski definition) is 5. The Kier molecular flexibility index (Phi) is 3.08. The number of rotatable bonds is 4. The number of carbonyl (C=O) groups is 1. The normalized spacial score (nSPS) is 10.4. The van der Waals surface area contributed by atoms with E-state index >= 15 is 0 Å². The van der Waals surface area contributed by atoms with Gasteiger partial charge in [-0.1, -0.05) is 5.16 Å². The molecule has 2 aromatic rings. The van der Waals surface area contributed by atoms with Crippen molar-refractivity contribution in [2.45, 2.75) is 13.3 Å². The van der Waals surface area contributed by atoms with Gasteiger partial charge in [-0.25, -0.2) is 0 Å². The number of amides is 1. The third-order valence-corrected chi connectivity index (χ3v) is 2.14. The predicted octanol–water partition coefficient (Wildman–Crippen LogP) is 0.261. The highest BCUT2D eigenvalue weighted by Gasteiger charge is 2.08. The van der Waals surface area contributed by atoms with E-state index in [1.165, 1.54) is 0 Å². The molecule has 0 aliphatic heterocycles. The summed E-state index contributed by atoms with van der Waals surface area (Å²) in [4.78, 5) is 18.4. The molecule has 17 heavy (non-hydrogen) atoms. The lowest BCUT2D eigenvalue weighted by Crippen LogP contribution is -2.26. The van der Waals surface area contributed by atoms with Gasteiger partial charge in [-0.3, -0.25) is 4.79 Å². The van der Waals surface area contributed by atoms with Crippen LogP contribution < -0.4 is 11.1 Å². The van der Waals surface area contributed by atoms with Crippen LogP contribution in [-0.2, 0) is 6.42 Å². The second-order valence-corrected chi connectivity index (χ2v) is 3.59. The quantitative estimate of drug-likeness (QED) is 0.704. The molecule has 0 fully saturated rings. The lowest BCUT2D eigenvalue weighted by atomic mass is 10.3. The SMILES string of the molecule is Cc1noc(CCNC(=O)c2cc(N)c[nH]2)n1. The van der Waals surface area contributed by atoms with Crippen LogP contribution in [0.4, 0.5) is 5.69 Å². The van der Waals surface area contributed by atoms with Crippen LogP contribution in [0.5, 0.6) is 0 Å². The predicted molar refractivity (Wildman–Crippen MR) is 60.3 cm³/mol. The van der Waals surface area contributed by atoms with Crippen LogP contribution in [-0.4, -0.2) is 27.6 Å². The second kappa shape index (κ2) is 4.69. The van der Waals surface area contributed by atoms with Gasteiger partial charge in [-0.15, -0.1) is 0 Å². The summed E-state index contributed by atoms with van der Waals surface area (Å²) in [6, 6.07) is 1.58. The standard InChI is InChI=1S/C10H13N5O2/c1-6-14-9(17-15-6)2-3-12-10(16)8-4-7(11)5-13-8/h4-5,13H,2-3,11H2,1H3,(H,12,16). The molecule has 0 atom stereocenters. The number of aryl methyl sites for hydroxylation is 1. The minimum atomic E-state index is -0.210. The maximum Gasteiger partial charge on any atom is 0.267 e. The molecule has 0 spiro atoms. The molecule has 4 N–H and O–H groups in total. The van der Waals surface area contributed by atoms with Gasteiger partial charge in [-0.2, -0.15) is 4.98 Å². The summed E-state index contributed by atoms with van der Waals surface area (Å²) in [6.07, 6.45) is 2.07. The molecule has 2 aromatic heterocycles. The topological polar surface area (TPSA) is 110 Å². The molecule has 0 aromatic carbocycles. The molecule has 0 radical (unpaired) electrons. The number of aromatic amines is 1. The van der Waals surface area contributed by atoms with Gasteiger partial charge >= 0.3 is 0 Å². The first-order valence-electron chi connectivity index (χ1n) is 5.16. The lowest BCUT2D eigenvalue weighted by molar-refractivity contribution is 0.0949. The van der Waals surface area contributed by atoms with Crippen molar-refractivity contribution in [2.24, 2.45) is 0 Å². The van der Waals surface area contributed by atoms with Gasteiger partial charge in [0.15, 0.2) is 5.82 Å². The summed E-state index contributed by atoms with van der Waals surface area (Å²) in [5, 5.41) is 6.37. The zero-order valence-electron chi connectivity index (χ0n) is 9.36. The van der Waals surface area contributed by atoms with E-state index < -0.39 is 0 Å². The fraction of sp³-hybridized carbons (Fsp3) is 0.300. The zero-order chi connectivity index (χ0) is 12.3. The number of H-pyrrole nitrogens is 1. The summed E-state index contributed by atoms with van der Waals surface area (Å²) in [7, 11) is 0. The Morgan fingerprint density at radius 1 is 1.65 bits per heavy atom. The van der Waals surface area contributed by atoms with E-state index in [1.807, 2.05) is 0 Å². The van der Waals surface area contributed by atoms with E-state index in [4.69, 9.17) is 10.3 Å². The lowest BCUT2D eigenvalue weighted by Gasteiger charge is -2.00. The molecule has 1 amide bonds. The Balaban J connectivity index is 1.81. The van der Waals surface area contributed by atoms with Crippen LogP contribution in [0, 0.1) is 6.92 Å². The largest absolute Gasteiger partial charge is 0.397 e. The number of hydrogen-bond donors (Lipinski definition) is 3. The highest BCUT2D eigenvalue weighted by atomic mass is 16.5. The molecule has 0 saturated heterocycles. The number of anilines is 1. The molecule has 2 heterocycles. The molecular formula is C10H13N5O2. The molecule has 0 unspecified atom stereocenters. The van der Waals surface area contributed by atoms with Gasteiger partial charge in [0.25, 0.3) is 5.91 Å². The van der Waals surface area contributed by atoms with E-state index in [1.54, 1.807) is 19.2 Å². The van der Waals surface area contributed by atoms with E-state index in [-0.39, 0.29) is 5.91 Å². The van der Waals surface area contributed by atoms with Crippen molar-refractivity contribution in [3.05, 3.63) is 29.7 Å². The molecule has 0 aliphatic rings. The third kappa shape index (κ3) is 2.83. The van der Waals surface area contributed by atoms with Crippen molar-refractivity contribution in [3.8, 4) is 0 Å². The Hall–Kier alpha value is -2.31. The Bertz CT molecular complexity index is 516. The zero-order valence-corrected chi connectivity index (χ0v) is 9.36. The Morgan fingerprint density at radius 3 is 3.06 bits per heavy atom.